The van der Waals surface area contributed by atoms with Gasteiger partial charge in [-0.2, -0.15) is 13.2 Å². The maximum atomic E-state index is 13.4. The van der Waals surface area contributed by atoms with Gasteiger partial charge >= 0.3 is 6.18 Å². The fourth-order valence-electron chi connectivity index (χ4n) is 4.26. The number of carbonyl (C=O) groups is 1. The summed E-state index contributed by atoms with van der Waals surface area (Å²) in [5, 5.41) is 2.65. The van der Waals surface area contributed by atoms with Gasteiger partial charge in [-0.15, -0.1) is 0 Å². The van der Waals surface area contributed by atoms with E-state index < -0.39 is 17.6 Å². The minimum atomic E-state index is -4.51. The van der Waals surface area contributed by atoms with Gasteiger partial charge in [-0.25, -0.2) is 9.97 Å². The molecule has 0 saturated heterocycles. The Morgan fingerprint density at radius 2 is 1.88 bits per heavy atom. The van der Waals surface area contributed by atoms with Gasteiger partial charge < -0.3 is 15.1 Å². The summed E-state index contributed by atoms with van der Waals surface area (Å²) >= 11 is 0. The van der Waals surface area contributed by atoms with E-state index in [2.05, 4.69) is 27.1 Å². The van der Waals surface area contributed by atoms with Crippen molar-refractivity contribution in [3.05, 3.63) is 82.7 Å². The Morgan fingerprint density at radius 3 is 2.56 bits per heavy atom. The van der Waals surface area contributed by atoms with Gasteiger partial charge in [-0.1, -0.05) is 13.0 Å². The van der Waals surface area contributed by atoms with Crippen LogP contribution in [0.2, 0.25) is 0 Å². The molecule has 0 aliphatic carbocycles. The van der Waals surface area contributed by atoms with Crippen LogP contribution in [-0.4, -0.2) is 41.4 Å². The molecule has 2 heterocycles. The van der Waals surface area contributed by atoms with E-state index in [1.165, 1.54) is 0 Å². The highest BCUT2D eigenvalue weighted by atomic mass is 19.4. The quantitative estimate of drug-likeness (QED) is 0.574. The molecule has 0 bridgehead atoms. The lowest BCUT2D eigenvalue weighted by atomic mass is 9.90. The Morgan fingerprint density at radius 1 is 1.15 bits per heavy atom. The first-order valence-electron chi connectivity index (χ1n) is 10.9. The van der Waals surface area contributed by atoms with Gasteiger partial charge in [0.15, 0.2) is 0 Å². The average molecular weight is 470 g/mol. The van der Waals surface area contributed by atoms with E-state index in [-0.39, 0.29) is 11.6 Å². The van der Waals surface area contributed by atoms with Gasteiger partial charge in [0, 0.05) is 43.3 Å². The molecule has 0 radical (unpaired) electrons. The third-order valence-electron chi connectivity index (χ3n) is 5.70. The van der Waals surface area contributed by atoms with Crippen LogP contribution in [0.4, 0.5) is 24.8 Å². The summed E-state index contributed by atoms with van der Waals surface area (Å²) in [5.74, 6) is 0.368. The lowest BCUT2D eigenvalue weighted by molar-refractivity contribution is -0.137. The number of nitrogens with one attached hydrogen (secondary N) is 1. The average Bonchev–Trinajstić information content (AvgIpc) is 2.78. The molecule has 178 valence electrons. The summed E-state index contributed by atoms with van der Waals surface area (Å²) in [7, 11) is 3.55. The molecule has 9 heteroatoms. The molecule has 1 amide bonds. The van der Waals surface area contributed by atoms with Crippen molar-refractivity contribution >= 4 is 17.5 Å². The van der Waals surface area contributed by atoms with Gasteiger partial charge in [-0.05, 0) is 73.1 Å². The van der Waals surface area contributed by atoms with Crippen LogP contribution >= 0.6 is 0 Å². The summed E-state index contributed by atoms with van der Waals surface area (Å²) in [6.07, 6.45) is -1.13. The number of halogens is 3. The van der Waals surface area contributed by atoms with Crippen LogP contribution in [-0.2, 0) is 19.3 Å². The highest BCUT2D eigenvalue weighted by Gasteiger charge is 2.31. The van der Waals surface area contributed by atoms with Crippen LogP contribution in [0, 0.1) is 0 Å². The Bertz CT molecular complexity index is 1180. The second kappa shape index (κ2) is 9.42. The van der Waals surface area contributed by atoms with Crippen molar-refractivity contribution in [3.8, 4) is 0 Å². The normalized spacial score (nSPS) is 15.9. The number of fused-ring (bicyclic) bond motifs is 1. The summed E-state index contributed by atoms with van der Waals surface area (Å²) in [4.78, 5) is 25.4. The van der Waals surface area contributed by atoms with Gasteiger partial charge in [0.2, 0.25) is 5.95 Å². The van der Waals surface area contributed by atoms with Gasteiger partial charge in [0.25, 0.3) is 5.91 Å². The van der Waals surface area contributed by atoms with Crippen molar-refractivity contribution in [2.45, 2.75) is 32.1 Å². The first kappa shape index (κ1) is 23.7. The lowest BCUT2D eigenvalue weighted by Crippen LogP contribution is -2.34. The number of rotatable bonds is 5. The molecule has 1 unspecified atom stereocenters. The number of anilines is 2. The van der Waals surface area contributed by atoms with E-state index in [0.29, 0.717) is 30.2 Å². The molecule has 4 rings (SSSR count). The van der Waals surface area contributed by atoms with Crippen LogP contribution in [0.15, 0.2) is 54.9 Å². The zero-order valence-corrected chi connectivity index (χ0v) is 19.2. The van der Waals surface area contributed by atoms with Crippen molar-refractivity contribution < 1.29 is 18.0 Å². The molecule has 1 N–H and O–H groups in total. The third-order valence-corrected chi connectivity index (χ3v) is 5.70. The number of benzene rings is 2. The largest absolute Gasteiger partial charge is 0.416 e. The third kappa shape index (κ3) is 5.36. The molecule has 3 aromatic rings. The number of hydrogen-bond acceptors (Lipinski definition) is 5. The molecule has 6 nitrogen and oxygen atoms in total. The smallest absolute Gasteiger partial charge is 0.336 e. The standard InChI is InChI=1S/C25H26F3N5O/c1-16-13-33(24-29-7-4-8-30-24)15-19-11-18(5-6-22(16)19)23(34)31-21-10-17(14-32(2)3)9-20(12-21)25(26,27)28/h4-12,16H,13-15H2,1-3H3,(H,31,34). The first-order valence-corrected chi connectivity index (χ1v) is 10.9. The molecule has 0 fully saturated rings. The molecule has 1 atom stereocenters. The first-order chi connectivity index (χ1) is 16.1. The fraction of sp³-hybridized carbons (Fsp3) is 0.320. The Labute approximate surface area is 196 Å². The molecule has 34 heavy (non-hydrogen) atoms. The Hall–Kier alpha value is -3.46. The molecule has 1 aromatic heterocycles. The van der Waals surface area contributed by atoms with E-state index in [1.54, 1.807) is 55.7 Å². The zero-order valence-electron chi connectivity index (χ0n) is 19.2. The van der Waals surface area contributed by atoms with Crippen molar-refractivity contribution in [3.63, 3.8) is 0 Å². The van der Waals surface area contributed by atoms with Crippen LogP contribution in [0.25, 0.3) is 0 Å². The molecular weight excluding hydrogens is 443 g/mol. The Kier molecular flexibility index (Phi) is 6.56. The SMILES string of the molecule is CC1CN(c2ncccn2)Cc2cc(C(=O)Nc3cc(CN(C)C)cc(C(F)(F)F)c3)ccc21. The highest BCUT2D eigenvalue weighted by Crippen LogP contribution is 2.33. The van der Waals surface area contributed by atoms with E-state index in [1.807, 2.05) is 6.07 Å². The summed E-state index contributed by atoms with van der Waals surface area (Å²) < 4.78 is 40.2. The predicted molar refractivity (Wildman–Crippen MR) is 125 cm³/mol. The number of carbonyl (C=O) groups excluding carboxylic acids is 1. The topological polar surface area (TPSA) is 61.4 Å². The molecule has 0 spiro atoms. The maximum absolute atomic E-state index is 13.4. The van der Waals surface area contributed by atoms with E-state index in [0.717, 1.165) is 29.8 Å². The minimum absolute atomic E-state index is 0.113. The van der Waals surface area contributed by atoms with Crippen LogP contribution < -0.4 is 10.2 Å². The van der Waals surface area contributed by atoms with Crippen molar-refractivity contribution in [1.29, 1.82) is 0 Å². The molecule has 1 aliphatic rings. The predicted octanol–water partition coefficient (Wildman–Crippen LogP) is 4.93. The number of alkyl halides is 3. The number of amides is 1. The van der Waals surface area contributed by atoms with E-state index in [4.69, 9.17) is 0 Å². The summed E-state index contributed by atoms with van der Waals surface area (Å²) in [6, 6.07) is 10.8. The minimum Gasteiger partial charge on any atom is -0.336 e. The number of nitrogens with zero attached hydrogens (tertiary/aromatic N) is 4. The fourth-order valence-corrected chi connectivity index (χ4v) is 4.26. The number of aromatic nitrogens is 2. The van der Waals surface area contributed by atoms with Gasteiger partial charge in [0.05, 0.1) is 5.56 Å². The molecule has 0 saturated carbocycles. The van der Waals surface area contributed by atoms with Crippen LogP contribution in [0.1, 0.15) is 45.5 Å². The second-order valence-corrected chi connectivity index (χ2v) is 8.85. The maximum Gasteiger partial charge on any atom is 0.416 e. The van der Waals surface area contributed by atoms with Crippen LogP contribution in [0.5, 0.6) is 0 Å². The highest BCUT2D eigenvalue weighted by molar-refractivity contribution is 6.04. The van der Waals surface area contributed by atoms with E-state index >= 15 is 0 Å². The van der Waals surface area contributed by atoms with Crippen molar-refractivity contribution in [2.75, 3.05) is 30.9 Å². The monoisotopic (exact) mass is 469 g/mol. The molecule has 1 aliphatic heterocycles. The summed E-state index contributed by atoms with van der Waals surface area (Å²) in [6.45, 7) is 3.71. The second-order valence-electron chi connectivity index (χ2n) is 8.85. The van der Waals surface area contributed by atoms with Crippen molar-refractivity contribution in [2.24, 2.45) is 0 Å². The molecule has 2 aromatic carbocycles. The Balaban J connectivity index is 1.59. The van der Waals surface area contributed by atoms with Gasteiger partial charge in [0.1, 0.15) is 0 Å². The lowest BCUT2D eigenvalue weighted by Gasteiger charge is -2.33. The number of hydrogen-bond donors (Lipinski definition) is 1. The van der Waals surface area contributed by atoms with E-state index in [9.17, 15) is 18.0 Å². The summed E-state index contributed by atoms with van der Waals surface area (Å²) in [5.41, 5.74) is 2.27. The zero-order chi connectivity index (χ0) is 24.5. The molecular formula is C25H26F3N5O. The van der Waals surface area contributed by atoms with Crippen molar-refractivity contribution in [1.82, 2.24) is 14.9 Å². The van der Waals surface area contributed by atoms with Gasteiger partial charge in [-0.3, -0.25) is 4.79 Å². The van der Waals surface area contributed by atoms with Crippen LogP contribution in [0.3, 0.4) is 0 Å².